The topological polar surface area (TPSA) is 348 Å². The fraction of sp³-hybridized carbons (Fsp3) is 0.654. The van der Waals surface area contributed by atoms with Crippen LogP contribution in [0.2, 0.25) is 0 Å². The Kier molecular flexibility index (Phi) is 27.0. The molecule has 24 unspecified atom stereocenters. The number of carbonyl (C=O) groups excluding carboxylic acids is 16. The molecule has 8 bridgehead atoms. The second-order valence-corrected chi connectivity index (χ2v) is 31.9. The summed E-state index contributed by atoms with van der Waals surface area (Å²) in [6.07, 6.45) is 20.9. The molecule has 28 heteroatoms. The molecule has 8 aliphatic heterocycles. The molecule has 18 fully saturated rings. The molecule has 10 aliphatic carbocycles. The predicted molar refractivity (Wildman–Crippen MR) is 389 cm³/mol. The lowest BCUT2D eigenvalue weighted by molar-refractivity contribution is -0.169. The highest BCUT2D eigenvalue weighted by molar-refractivity contribution is 6.11. The summed E-state index contributed by atoms with van der Waals surface area (Å²) in [7, 11) is 5.40. The van der Waals surface area contributed by atoms with Crippen molar-refractivity contribution in [3.8, 4) is 0 Å². The maximum Gasteiger partial charge on any atom is 0.302 e. The molecule has 0 aromatic heterocycles. The zero-order valence-electron chi connectivity index (χ0n) is 64.7. The fourth-order valence-corrected chi connectivity index (χ4v) is 21.2. The van der Waals surface area contributed by atoms with Crippen LogP contribution in [0.3, 0.4) is 0 Å². The van der Waals surface area contributed by atoms with E-state index >= 15 is 0 Å². The van der Waals surface area contributed by atoms with E-state index in [2.05, 4.69) is 58.4 Å². The van der Waals surface area contributed by atoms with E-state index < -0.39 is 0 Å². The van der Waals surface area contributed by atoms with Crippen molar-refractivity contribution in [1.29, 1.82) is 0 Å². The van der Waals surface area contributed by atoms with E-state index in [1.165, 1.54) is 157 Å². The molecule has 0 N–H and O–H groups in total. The number of β-lactam (4-membered cyclic amide) rings is 6. The summed E-state index contributed by atoms with van der Waals surface area (Å²) in [4.78, 5) is 186. The van der Waals surface area contributed by atoms with Crippen LogP contribution >= 0.6 is 0 Å². The summed E-state index contributed by atoms with van der Waals surface area (Å²) >= 11 is 0. The molecule has 109 heavy (non-hydrogen) atoms. The number of carbonyl (C=O) groups is 16. The lowest BCUT2D eigenvalue weighted by Crippen LogP contribution is -2.65. The molecule has 0 radical (unpaired) electrons. The van der Waals surface area contributed by atoms with Crippen LogP contribution in [-0.2, 0) is 105 Å². The van der Waals surface area contributed by atoms with Gasteiger partial charge < -0.3 is 28.4 Å². The maximum atomic E-state index is 12.1. The Morgan fingerprint density at radius 2 is 0.596 bits per heavy atom. The zero-order valence-corrected chi connectivity index (χ0v) is 64.7. The van der Waals surface area contributed by atoms with E-state index in [1.807, 2.05) is 0 Å². The van der Waals surface area contributed by atoms with Crippen LogP contribution in [0.15, 0.2) is 74.4 Å². The van der Waals surface area contributed by atoms with Gasteiger partial charge in [-0.3, -0.25) is 106 Å². The van der Waals surface area contributed by atoms with Gasteiger partial charge in [-0.15, -0.1) is 0 Å². The Labute approximate surface area is 637 Å². The number of fused-ring (bicyclic) bond motifs is 26. The number of esters is 4. The van der Waals surface area contributed by atoms with E-state index in [-0.39, 0.29) is 167 Å². The number of imide groups is 6. The van der Waals surface area contributed by atoms with Gasteiger partial charge in [0.25, 0.3) is 35.4 Å². The first-order chi connectivity index (χ1) is 51.6. The van der Waals surface area contributed by atoms with Crippen LogP contribution < -0.4 is 0 Å². The highest BCUT2D eigenvalue weighted by atomic mass is 16.5. The minimum absolute atomic E-state index is 0.0250. The first-order valence-electron chi connectivity index (χ1n) is 38.0. The van der Waals surface area contributed by atoms with Gasteiger partial charge in [0.05, 0.1) is 127 Å². The Balaban J connectivity index is 0.000000144. The van der Waals surface area contributed by atoms with Crippen LogP contribution in [0.25, 0.3) is 0 Å². The third-order valence-electron chi connectivity index (χ3n) is 26.1. The molecule has 12 amide bonds. The van der Waals surface area contributed by atoms with Gasteiger partial charge in [0.1, 0.15) is 0 Å². The molecule has 24 atom stereocenters. The molecule has 28 nitrogen and oxygen atoms in total. The minimum Gasteiger partial charge on any atom is -0.469 e. The molecular formula is C81H108N6O22. The SMILES string of the molecule is C=C(C)C(=O)N1C(=O)C2C3CCC(C3)C21.C=C(C)C(=O)N1C(=O)C2CC3C4CCC(C4)C3C21.C=C(C)C(=O)N1C(=O)C2COCC21.C=CC(=O)N1C(=O)C2C3CCC(C3)C21.C=CC(=O)N1C(=O)C2CC3C4CCC(C4)C3C21.C=CC(=O)N1C(=O)C2COCC21.COC(C)=O.COC(C)=O.COC(C)=O.COC(C)=O. The van der Waals surface area contributed by atoms with Crippen molar-refractivity contribution < 1.29 is 105 Å². The molecule has 18 aliphatic rings. The Morgan fingerprint density at radius 3 is 0.972 bits per heavy atom. The first kappa shape index (κ1) is 84.1. The number of rotatable bonds is 6. The third-order valence-corrected chi connectivity index (χ3v) is 26.1. The summed E-state index contributed by atoms with van der Waals surface area (Å²) in [5, 5.41) is 0. The number of hydrogen-bond acceptors (Lipinski definition) is 22. The van der Waals surface area contributed by atoms with Gasteiger partial charge in [-0.25, -0.2) is 0 Å². The van der Waals surface area contributed by atoms with E-state index in [0.29, 0.717) is 78.7 Å². The molecule has 0 aromatic rings. The number of ether oxygens (including phenoxy) is 6. The minimum atomic E-state index is -0.313. The van der Waals surface area contributed by atoms with Gasteiger partial charge in [0, 0.05) is 44.4 Å². The molecule has 594 valence electrons. The van der Waals surface area contributed by atoms with Gasteiger partial charge in [0.2, 0.25) is 35.4 Å². The summed E-state index contributed by atoms with van der Waals surface area (Å²) in [6, 6.07) is 0.849. The lowest BCUT2D eigenvalue weighted by Gasteiger charge is -2.48. The third kappa shape index (κ3) is 16.1. The Bertz CT molecular complexity index is 3710. The van der Waals surface area contributed by atoms with E-state index in [0.717, 1.165) is 67.3 Å². The smallest absolute Gasteiger partial charge is 0.302 e. The van der Waals surface area contributed by atoms with Gasteiger partial charge in [-0.2, -0.15) is 0 Å². The van der Waals surface area contributed by atoms with Crippen LogP contribution in [-0.4, -0.2) is 215 Å². The second kappa shape index (κ2) is 35.0. The van der Waals surface area contributed by atoms with Crippen molar-refractivity contribution in [2.24, 2.45) is 107 Å². The van der Waals surface area contributed by atoms with Crippen LogP contribution in [0.4, 0.5) is 0 Å². The predicted octanol–water partition coefficient (Wildman–Crippen LogP) is 6.10. The van der Waals surface area contributed by atoms with Gasteiger partial charge >= 0.3 is 23.9 Å². The van der Waals surface area contributed by atoms with Gasteiger partial charge in [-0.1, -0.05) is 39.5 Å². The van der Waals surface area contributed by atoms with Crippen LogP contribution in [0, 0.1) is 107 Å². The first-order valence-corrected chi connectivity index (χ1v) is 38.0. The zero-order chi connectivity index (χ0) is 80.4. The number of nitrogens with zero attached hydrogens (tertiary/aromatic N) is 6. The lowest BCUT2D eigenvalue weighted by atomic mass is 9.76. The highest BCUT2D eigenvalue weighted by Crippen LogP contribution is 2.66. The fourth-order valence-electron chi connectivity index (χ4n) is 21.2. The van der Waals surface area contributed by atoms with Crippen molar-refractivity contribution in [3.05, 3.63) is 74.4 Å². The average Bonchev–Trinajstić information content (AvgIpc) is 1.56. The number of methoxy groups -OCH3 is 4. The maximum absolute atomic E-state index is 12.1. The highest BCUT2D eigenvalue weighted by Gasteiger charge is 2.69. The molecule has 0 aromatic carbocycles. The average molecular weight is 1520 g/mol. The number of amides is 12. The van der Waals surface area contributed by atoms with Crippen LogP contribution in [0.1, 0.15) is 138 Å². The largest absolute Gasteiger partial charge is 0.469 e. The standard InChI is InChI=1S/C15H19NO2.C14H17NO2.C12H15NO2.C11H13NO2.C9H11NO3.C8H9NO3.4C3H6O2/c1-7(2)14(17)16-13-11(15(16)18)6-10-8-3-4-9(5-8)12(10)13;1-2-11(16)15-13-10(14(15)17)6-9-7-3-4-8(5-7)12(9)13;1-6(2)11(14)13-10-8-4-3-7(5-8)9(10)12(13)15;1-2-8(13)12-10-7-4-3-6(5-7)9(10)11(12)14;1-5(2)8(11)10-7-4-13-3-6(7)9(10)12;1-2-7(10)9-6-4-12-3-5(6)8(9)11;4*1-3(4)5-2/h8-13H,1,3-6H2,2H3;2,7-10,12-13H,1,3-6H2;7-10H,1,3-5H2,2H3;2,6-7,9-10H,1,3-5H2;6-7H,1,3-4H2,2H3;2,5-6H,1,3-4H2;4*1-2H3. The molecule has 8 saturated heterocycles. The van der Waals surface area contributed by atoms with Crippen molar-refractivity contribution in [1.82, 2.24) is 29.4 Å². The Hall–Kier alpha value is -8.92. The summed E-state index contributed by atoms with van der Waals surface area (Å²) < 4.78 is 26.6. The number of hydrogen-bond donors (Lipinski definition) is 0. The summed E-state index contributed by atoms with van der Waals surface area (Å²) in [6.45, 7) is 33.4. The normalized spacial score (nSPS) is 35.5. The summed E-state index contributed by atoms with van der Waals surface area (Å²) in [5.41, 5.74) is 1.37. The van der Waals surface area contributed by atoms with E-state index in [1.54, 1.807) is 25.7 Å². The Morgan fingerprint density at radius 1 is 0.330 bits per heavy atom. The molecular weight excluding hydrogens is 1410 g/mol. The molecule has 10 saturated carbocycles. The molecule has 18 rings (SSSR count). The van der Waals surface area contributed by atoms with Crippen molar-refractivity contribution in [3.63, 3.8) is 0 Å². The van der Waals surface area contributed by atoms with E-state index in [4.69, 9.17) is 9.47 Å². The second-order valence-electron chi connectivity index (χ2n) is 31.9. The van der Waals surface area contributed by atoms with Gasteiger partial charge in [0.15, 0.2) is 0 Å². The summed E-state index contributed by atoms with van der Waals surface area (Å²) in [5.74, 6) is 6.57. The van der Waals surface area contributed by atoms with Crippen molar-refractivity contribution in [2.75, 3.05) is 54.9 Å². The van der Waals surface area contributed by atoms with Crippen molar-refractivity contribution >= 4 is 94.8 Å². The quantitative estimate of drug-likeness (QED) is 0.125. The van der Waals surface area contributed by atoms with Crippen molar-refractivity contribution in [2.45, 2.75) is 175 Å². The van der Waals surface area contributed by atoms with Gasteiger partial charge in [-0.05, 0) is 200 Å². The van der Waals surface area contributed by atoms with E-state index in [9.17, 15) is 76.7 Å². The molecule has 0 spiro atoms. The van der Waals surface area contributed by atoms with Crippen LogP contribution in [0.5, 0.6) is 0 Å². The number of likely N-dealkylation sites (tertiary alicyclic amines) is 6. The monoisotopic (exact) mass is 1520 g/mol. The molecule has 8 heterocycles.